The molecule has 0 spiro atoms. The zero-order valence-corrected chi connectivity index (χ0v) is 20.1. The van der Waals surface area contributed by atoms with E-state index >= 15 is 0 Å². The van der Waals surface area contributed by atoms with Gasteiger partial charge in [-0.15, -0.1) is 0 Å². The van der Waals surface area contributed by atoms with Gasteiger partial charge in [0.15, 0.2) is 0 Å². The van der Waals surface area contributed by atoms with E-state index in [4.69, 9.17) is 15.9 Å². The van der Waals surface area contributed by atoms with E-state index in [9.17, 15) is 9.59 Å². The van der Waals surface area contributed by atoms with Crippen LogP contribution in [0, 0.1) is 0 Å². The van der Waals surface area contributed by atoms with Crippen molar-refractivity contribution in [1.29, 1.82) is 0 Å². The first kappa shape index (κ1) is 26.7. The van der Waals surface area contributed by atoms with Gasteiger partial charge >= 0.3 is 0 Å². The van der Waals surface area contributed by atoms with E-state index in [1.807, 2.05) is 0 Å². The molecular formula is C24H40N6O4. The molecule has 2 amide bonds. The zero-order valence-electron chi connectivity index (χ0n) is 20.1. The summed E-state index contributed by atoms with van der Waals surface area (Å²) in [5, 5.41) is 17.7. The lowest BCUT2D eigenvalue weighted by Crippen LogP contribution is -2.49. The summed E-state index contributed by atoms with van der Waals surface area (Å²) >= 11 is 0. The van der Waals surface area contributed by atoms with Crippen LogP contribution >= 0.6 is 0 Å². The molecule has 34 heavy (non-hydrogen) atoms. The van der Waals surface area contributed by atoms with Crippen LogP contribution in [0.25, 0.3) is 0 Å². The Morgan fingerprint density at radius 3 is 1.38 bits per heavy atom. The van der Waals surface area contributed by atoms with Crippen molar-refractivity contribution < 1.29 is 19.8 Å². The summed E-state index contributed by atoms with van der Waals surface area (Å²) in [5.41, 5.74) is 6.49. The number of imide groups is 1. The Kier molecular flexibility index (Phi) is 10.9. The van der Waals surface area contributed by atoms with E-state index in [2.05, 4.69) is 19.6 Å². The number of nitrogens with two attached hydrogens (primary N) is 1. The molecule has 3 heterocycles. The minimum absolute atomic E-state index is 0.181. The molecule has 0 atom stereocenters. The van der Waals surface area contributed by atoms with Crippen LogP contribution in [-0.2, 0) is 0 Å². The maximum absolute atomic E-state index is 12.3. The minimum atomic E-state index is -0.181. The van der Waals surface area contributed by atoms with Gasteiger partial charge in [0, 0.05) is 91.6 Å². The molecule has 0 aromatic heterocycles. The average Bonchev–Trinajstić information content (AvgIpc) is 3.10. The first-order valence-electron chi connectivity index (χ1n) is 12.3. The van der Waals surface area contributed by atoms with E-state index < -0.39 is 0 Å². The van der Waals surface area contributed by atoms with Crippen molar-refractivity contribution >= 4 is 11.8 Å². The first-order valence-corrected chi connectivity index (χ1v) is 12.3. The molecule has 4 N–H and O–H groups in total. The Labute approximate surface area is 202 Å². The van der Waals surface area contributed by atoms with E-state index in [0.717, 1.165) is 72.0 Å². The highest BCUT2D eigenvalue weighted by Crippen LogP contribution is 2.22. The largest absolute Gasteiger partial charge is 0.395 e. The van der Waals surface area contributed by atoms with Crippen molar-refractivity contribution in [1.82, 2.24) is 24.5 Å². The maximum atomic E-state index is 12.3. The molecule has 1 aromatic rings. The molecule has 3 aliphatic rings. The van der Waals surface area contributed by atoms with Crippen molar-refractivity contribution in [2.75, 3.05) is 105 Å². The number of rotatable bonds is 9. The van der Waals surface area contributed by atoms with Crippen LogP contribution in [0.5, 0.6) is 0 Å². The standard InChI is InChI=1S/C16H21N3O3.C8H19N3O/c20-12-11-18-7-5-17(6-8-18)9-10-19-15(21)13-3-1-2-4-14(13)16(19)22;9-1-2-10-3-5-11(6-4-10)7-8-12/h1-4,20H,5-12H2;12H,1-9H2. The molecule has 2 fully saturated rings. The fraction of sp³-hybridized carbons (Fsp3) is 0.667. The lowest BCUT2D eigenvalue weighted by Gasteiger charge is -2.34. The van der Waals surface area contributed by atoms with Crippen molar-refractivity contribution in [3.63, 3.8) is 0 Å². The van der Waals surface area contributed by atoms with Crippen LogP contribution in [0.1, 0.15) is 20.7 Å². The van der Waals surface area contributed by atoms with Gasteiger partial charge in [-0.2, -0.15) is 0 Å². The molecule has 10 heteroatoms. The summed E-state index contributed by atoms with van der Waals surface area (Å²) in [7, 11) is 0. The maximum Gasteiger partial charge on any atom is 0.261 e. The van der Waals surface area contributed by atoms with Crippen molar-refractivity contribution in [3.8, 4) is 0 Å². The van der Waals surface area contributed by atoms with E-state index in [0.29, 0.717) is 30.8 Å². The fourth-order valence-corrected chi connectivity index (χ4v) is 4.62. The number of hydrogen-bond donors (Lipinski definition) is 3. The summed E-state index contributed by atoms with van der Waals surface area (Å²) in [5.74, 6) is -0.362. The number of carbonyl (C=O) groups is 2. The lowest BCUT2D eigenvalue weighted by molar-refractivity contribution is 0.0608. The van der Waals surface area contributed by atoms with Crippen molar-refractivity contribution in [2.24, 2.45) is 5.73 Å². The number of carbonyl (C=O) groups excluding carboxylic acids is 2. The third-order valence-electron chi connectivity index (χ3n) is 6.73. The summed E-state index contributed by atoms with van der Waals surface area (Å²) in [4.78, 5) is 35.0. The fourth-order valence-electron chi connectivity index (χ4n) is 4.62. The number of aliphatic hydroxyl groups is 2. The van der Waals surface area contributed by atoms with Crippen LogP contribution < -0.4 is 5.73 Å². The molecule has 1 aromatic carbocycles. The monoisotopic (exact) mass is 476 g/mol. The quantitative estimate of drug-likeness (QED) is 0.364. The number of piperazine rings is 2. The summed E-state index contributed by atoms with van der Waals surface area (Å²) < 4.78 is 0. The number of fused-ring (bicyclic) bond motifs is 1. The second-order valence-electron chi connectivity index (χ2n) is 8.91. The van der Waals surface area contributed by atoms with Gasteiger partial charge in [0.1, 0.15) is 0 Å². The molecule has 0 unspecified atom stereocenters. The summed E-state index contributed by atoms with van der Waals surface area (Å²) in [6.45, 7) is 12.9. The predicted octanol–water partition coefficient (Wildman–Crippen LogP) is -1.55. The van der Waals surface area contributed by atoms with Gasteiger partial charge in [0.2, 0.25) is 0 Å². The summed E-state index contributed by atoms with van der Waals surface area (Å²) in [6, 6.07) is 6.99. The molecule has 3 aliphatic heterocycles. The highest BCUT2D eigenvalue weighted by Gasteiger charge is 2.35. The van der Waals surface area contributed by atoms with Gasteiger partial charge < -0.3 is 15.9 Å². The minimum Gasteiger partial charge on any atom is -0.395 e. The first-order chi connectivity index (χ1) is 16.6. The van der Waals surface area contributed by atoms with Gasteiger partial charge in [-0.25, -0.2) is 0 Å². The molecular weight excluding hydrogens is 436 g/mol. The third kappa shape index (κ3) is 7.29. The van der Waals surface area contributed by atoms with Gasteiger partial charge in [-0.1, -0.05) is 12.1 Å². The molecule has 4 rings (SSSR count). The van der Waals surface area contributed by atoms with E-state index in [-0.39, 0.29) is 25.0 Å². The van der Waals surface area contributed by atoms with E-state index in [1.54, 1.807) is 24.3 Å². The third-order valence-corrected chi connectivity index (χ3v) is 6.73. The van der Waals surface area contributed by atoms with Crippen LogP contribution in [0.15, 0.2) is 24.3 Å². The molecule has 10 nitrogen and oxygen atoms in total. The Bertz CT molecular complexity index is 729. The number of β-amino-alcohol motifs (C(OH)–C–C–N with tert-alkyl or cyclic N) is 2. The average molecular weight is 477 g/mol. The van der Waals surface area contributed by atoms with Crippen LogP contribution in [0.4, 0.5) is 0 Å². The molecule has 190 valence electrons. The van der Waals surface area contributed by atoms with Gasteiger partial charge in [0.05, 0.1) is 24.3 Å². The Balaban J connectivity index is 0.000000229. The number of nitrogens with zero attached hydrogens (tertiary/aromatic N) is 5. The van der Waals surface area contributed by atoms with Crippen LogP contribution in [0.3, 0.4) is 0 Å². The molecule has 0 radical (unpaired) electrons. The van der Waals surface area contributed by atoms with E-state index in [1.165, 1.54) is 4.90 Å². The lowest BCUT2D eigenvalue weighted by atomic mass is 10.1. The SMILES string of the molecule is NCCN1CCN(CCO)CC1.O=C1c2ccccc2C(=O)N1CCN1CCN(CCO)CC1. The van der Waals surface area contributed by atoms with Gasteiger partial charge in [-0.3, -0.25) is 34.1 Å². The molecule has 0 aliphatic carbocycles. The smallest absolute Gasteiger partial charge is 0.261 e. The van der Waals surface area contributed by atoms with Crippen molar-refractivity contribution in [3.05, 3.63) is 35.4 Å². The highest BCUT2D eigenvalue weighted by atomic mass is 16.3. The van der Waals surface area contributed by atoms with Crippen molar-refractivity contribution in [2.45, 2.75) is 0 Å². The normalized spacial score (nSPS) is 20.4. The molecule has 0 bridgehead atoms. The Morgan fingerprint density at radius 1 is 0.618 bits per heavy atom. The number of aliphatic hydroxyl groups excluding tert-OH is 2. The van der Waals surface area contributed by atoms with Crippen LogP contribution in [0.2, 0.25) is 0 Å². The highest BCUT2D eigenvalue weighted by molar-refractivity contribution is 6.21. The molecule has 2 saturated heterocycles. The Morgan fingerprint density at radius 2 is 1.00 bits per heavy atom. The summed E-state index contributed by atoms with van der Waals surface area (Å²) in [6.07, 6.45) is 0. The Hall–Kier alpha value is -1.92. The number of amides is 2. The predicted molar refractivity (Wildman–Crippen MR) is 131 cm³/mol. The number of benzene rings is 1. The van der Waals surface area contributed by atoms with Gasteiger partial charge in [0.25, 0.3) is 11.8 Å². The second kappa shape index (κ2) is 13.8. The second-order valence-corrected chi connectivity index (χ2v) is 8.91. The van der Waals surface area contributed by atoms with Gasteiger partial charge in [-0.05, 0) is 12.1 Å². The molecule has 0 saturated carbocycles. The topological polar surface area (TPSA) is 117 Å². The van der Waals surface area contributed by atoms with Crippen LogP contribution in [-0.4, -0.2) is 151 Å². The number of hydrogen-bond acceptors (Lipinski definition) is 9. The zero-order chi connectivity index (χ0) is 24.3.